The van der Waals surface area contributed by atoms with Crippen LogP contribution in [-0.4, -0.2) is 173 Å². The molecule has 0 bridgehead atoms. The molecule has 0 aromatic heterocycles. The first-order chi connectivity index (χ1) is 39.2. The number of hydrogen-bond donors (Lipinski definition) is 12. The normalized spacial score (nSPS) is 17.4. The molecule has 25 nitrogen and oxygen atoms in total. The highest BCUT2D eigenvalue weighted by Gasteiger charge is 2.44. The van der Waals surface area contributed by atoms with Gasteiger partial charge in [-0.2, -0.15) is 0 Å². The molecule has 2 heterocycles. The quantitative estimate of drug-likeness (QED) is 0.0208. The molecule has 5 rings (SSSR count). The average Bonchev–Trinajstić information content (AvgIpc) is 4.19. The Morgan fingerprint density at radius 3 is 1.90 bits per heavy atom. The predicted octanol–water partition coefficient (Wildman–Crippen LogP) is -1.04. The minimum Gasteiger partial charge on any atom is -0.480 e. The van der Waals surface area contributed by atoms with E-state index in [9.17, 15) is 58.2 Å². The van der Waals surface area contributed by atoms with Crippen molar-refractivity contribution in [2.75, 3.05) is 39.3 Å². The van der Waals surface area contributed by atoms with Gasteiger partial charge in [-0.15, -0.1) is 0 Å². The zero-order valence-electron chi connectivity index (χ0n) is 46.9. The van der Waals surface area contributed by atoms with Crippen molar-refractivity contribution in [3.8, 4) is 0 Å². The molecule has 82 heavy (non-hydrogen) atoms. The molecular formula is C57H81N13O12. The molecule has 2 fully saturated rings. The lowest BCUT2D eigenvalue weighted by Crippen LogP contribution is -2.60. The van der Waals surface area contributed by atoms with Crippen LogP contribution in [0, 0.1) is 5.92 Å². The minimum atomic E-state index is -1.66. The van der Waals surface area contributed by atoms with E-state index in [0.29, 0.717) is 49.8 Å². The van der Waals surface area contributed by atoms with Gasteiger partial charge in [0.05, 0.1) is 13.2 Å². The Morgan fingerprint density at radius 1 is 0.659 bits per heavy atom. The summed E-state index contributed by atoms with van der Waals surface area (Å²) in [5, 5.41) is 40.5. The highest BCUT2D eigenvalue weighted by Crippen LogP contribution is 2.27. The van der Waals surface area contributed by atoms with Crippen LogP contribution in [0.25, 0.3) is 10.8 Å². The molecule has 0 aliphatic carbocycles. The number of carbonyl (C=O) groups excluding carboxylic acids is 9. The largest absolute Gasteiger partial charge is 0.480 e. The molecule has 446 valence electrons. The van der Waals surface area contributed by atoms with Crippen LogP contribution >= 0.6 is 0 Å². The van der Waals surface area contributed by atoms with Crippen LogP contribution in [0.4, 0.5) is 0 Å². The second-order valence-corrected chi connectivity index (χ2v) is 20.9. The number of carbonyl (C=O) groups is 10. The van der Waals surface area contributed by atoms with Crippen molar-refractivity contribution in [2.24, 2.45) is 28.1 Å². The van der Waals surface area contributed by atoms with Crippen LogP contribution in [0.2, 0.25) is 0 Å². The van der Waals surface area contributed by atoms with Crippen LogP contribution < -0.4 is 54.4 Å². The average molecular weight is 1140 g/mol. The fourth-order valence-electron chi connectivity index (χ4n) is 10.1. The number of nitrogens with zero attached hydrogens (tertiary/aromatic N) is 3. The fraction of sp³-hybridized carbons (Fsp3) is 0.526. The molecule has 0 spiro atoms. The SMILES string of the molecule is CCC(C)C(NC(=O)C(Cc1ccc2ccccc2c1)NC(=O)C(CO)NC(=O)C(Cc1ccccc1)NC(=O)CNC(=O)C1CCCN1C(=O)C1CCCN1C(=O)C(CCCN=C(N)N)NC(=O)C(CCCCN)NC(C)=O)C(=O)O. The van der Waals surface area contributed by atoms with Crippen LogP contribution in [0.1, 0.15) is 96.1 Å². The van der Waals surface area contributed by atoms with Crippen molar-refractivity contribution in [2.45, 2.75) is 146 Å². The number of fused-ring (bicyclic) bond motifs is 1. The van der Waals surface area contributed by atoms with Gasteiger partial charge in [0.2, 0.25) is 53.2 Å². The molecule has 3 aromatic rings. The lowest BCUT2D eigenvalue weighted by molar-refractivity contribution is -0.148. The van der Waals surface area contributed by atoms with E-state index in [4.69, 9.17) is 17.2 Å². The Bertz CT molecular complexity index is 2740. The van der Waals surface area contributed by atoms with Gasteiger partial charge in [-0.3, -0.25) is 48.1 Å². The number of aliphatic imine (C=N–C) groups is 1. The van der Waals surface area contributed by atoms with E-state index in [1.165, 1.54) is 16.7 Å². The third-order valence-electron chi connectivity index (χ3n) is 14.7. The summed E-state index contributed by atoms with van der Waals surface area (Å²) >= 11 is 0. The molecule has 0 saturated carbocycles. The van der Waals surface area contributed by atoms with Gasteiger partial charge in [-0.25, -0.2) is 4.79 Å². The number of aliphatic hydroxyl groups excluding tert-OH is 1. The van der Waals surface area contributed by atoms with Crippen LogP contribution in [0.15, 0.2) is 77.8 Å². The molecule has 15 N–H and O–H groups in total. The molecule has 9 amide bonds. The summed E-state index contributed by atoms with van der Waals surface area (Å²) in [6.07, 6.45) is 3.44. The number of aliphatic hydroxyl groups is 1. The third-order valence-corrected chi connectivity index (χ3v) is 14.7. The Balaban J connectivity index is 1.26. The number of unbranched alkanes of at least 4 members (excludes halogenated alkanes) is 1. The summed E-state index contributed by atoms with van der Waals surface area (Å²) in [6.45, 7) is 4.04. The number of rotatable bonds is 31. The number of nitrogens with one attached hydrogen (secondary N) is 7. The van der Waals surface area contributed by atoms with Crippen molar-refractivity contribution in [1.82, 2.24) is 47.0 Å². The molecule has 0 radical (unpaired) electrons. The van der Waals surface area contributed by atoms with Crippen molar-refractivity contribution in [3.05, 3.63) is 83.9 Å². The number of nitrogens with two attached hydrogens (primary N) is 3. The molecule has 9 atom stereocenters. The summed E-state index contributed by atoms with van der Waals surface area (Å²) in [6, 6.07) is 11.8. The van der Waals surface area contributed by atoms with Gasteiger partial charge in [-0.05, 0) is 92.1 Å². The van der Waals surface area contributed by atoms with Gasteiger partial charge in [0.25, 0.3) is 0 Å². The first-order valence-electron chi connectivity index (χ1n) is 28.0. The summed E-state index contributed by atoms with van der Waals surface area (Å²) in [5.41, 5.74) is 17.9. The standard InChI is InChI=1S/C57H81N13O12/c1-4-34(2)48(56(81)82)68-51(76)43(31-37-23-24-38-17-8-9-18-39(38)29-37)66-52(77)44(33-71)67-50(75)42(30-36-15-6-5-7-16-36)64-47(73)32-62-53(78)45-21-13-27-69(45)55(80)46-22-14-28-70(46)54(79)41(20-12-26-61-57(59)60)65-49(74)40(63-35(3)72)19-10-11-25-58/h5-9,15-18,23-24,29,34,40-46,48,71H,4,10-14,19-22,25-28,30-33,58H2,1-3H3,(H,62,78)(H,63,72)(H,64,73)(H,65,74)(H,66,77)(H,67,75)(H,68,76)(H,81,82)(H4,59,60,61). The predicted molar refractivity (Wildman–Crippen MR) is 305 cm³/mol. The van der Waals surface area contributed by atoms with E-state index >= 15 is 0 Å². The van der Waals surface area contributed by atoms with Gasteiger partial charge in [0.1, 0.15) is 48.3 Å². The Hall–Kier alpha value is -8.19. The number of hydrogen-bond acceptors (Lipinski definition) is 13. The second-order valence-electron chi connectivity index (χ2n) is 20.9. The van der Waals surface area contributed by atoms with Crippen LogP contribution in [-0.2, 0) is 60.8 Å². The molecular weight excluding hydrogens is 1060 g/mol. The van der Waals surface area contributed by atoms with Gasteiger partial charge in [0.15, 0.2) is 5.96 Å². The summed E-state index contributed by atoms with van der Waals surface area (Å²) < 4.78 is 0. The van der Waals surface area contributed by atoms with Gasteiger partial charge < -0.3 is 74.4 Å². The summed E-state index contributed by atoms with van der Waals surface area (Å²) in [7, 11) is 0. The second kappa shape index (κ2) is 32.3. The van der Waals surface area contributed by atoms with Crippen molar-refractivity contribution >= 4 is 75.9 Å². The van der Waals surface area contributed by atoms with Gasteiger partial charge in [0, 0.05) is 39.4 Å². The lowest BCUT2D eigenvalue weighted by Gasteiger charge is -2.33. The Labute approximate surface area is 477 Å². The topological polar surface area (TPSA) is 392 Å². The highest BCUT2D eigenvalue weighted by molar-refractivity contribution is 5.98. The number of guanidine groups is 1. The maximum absolute atomic E-state index is 14.4. The third kappa shape index (κ3) is 19.2. The van der Waals surface area contributed by atoms with E-state index in [1.54, 1.807) is 50.2 Å². The zero-order chi connectivity index (χ0) is 59.9. The van der Waals surface area contributed by atoms with E-state index < -0.39 is 127 Å². The molecule has 2 saturated heterocycles. The minimum absolute atomic E-state index is 0.0870. The van der Waals surface area contributed by atoms with Crippen LogP contribution in [0.3, 0.4) is 0 Å². The maximum atomic E-state index is 14.4. The van der Waals surface area contributed by atoms with Crippen molar-refractivity contribution < 1.29 is 58.2 Å². The van der Waals surface area contributed by atoms with E-state index in [-0.39, 0.29) is 70.5 Å². The van der Waals surface area contributed by atoms with Crippen molar-refractivity contribution in [3.63, 3.8) is 0 Å². The lowest BCUT2D eigenvalue weighted by atomic mass is 9.97. The summed E-state index contributed by atoms with van der Waals surface area (Å²) in [5.74, 6) is -8.10. The number of benzene rings is 3. The fourth-order valence-corrected chi connectivity index (χ4v) is 10.1. The Morgan fingerprint density at radius 2 is 1.24 bits per heavy atom. The zero-order valence-corrected chi connectivity index (χ0v) is 46.9. The van der Waals surface area contributed by atoms with Gasteiger partial charge >= 0.3 is 5.97 Å². The Kier molecular flexibility index (Phi) is 25.5. The first-order valence-corrected chi connectivity index (χ1v) is 28.0. The number of carboxylic acids is 1. The smallest absolute Gasteiger partial charge is 0.326 e. The highest BCUT2D eigenvalue weighted by atomic mass is 16.4. The van der Waals surface area contributed by atoms with E-state index in [0.717, 1.165) is 10.8 Å². The number of aliphatic carboxylic acids is 1. The van der Waals surface area contributed by atoms with E-state index in [2.05, 4.69) is 42.2 Å². The summed E-state index contributed by atoms with van der Waals surface area (Å²) in [4.78, 5) is 143. The molecule has 25 heteroatoms. The molecule has 2 aliphatic heterocycles. The monoisotopic (exact) mass is 1140 g/mol. The van der Waals surface area contributed by atoms with Gasteiger partial charge in [-0.1, -0.05) is 93.1 Å². The molecule has 3 aromatic carbocycles. The number of carboxylic acid groups (broad SMARTS) is 1. The van der Waals surface area contributed by atoms with Crippen molar-refractivity contribution in [1.29, 1.82) is 0 Å². The number of likely N-dealkylation sites (tertiary alicyclic amines) is 2. The van der Waals surface area contributed by atoms with Crippen LogP contribution in [0.5, 0.6) is 0 Å². The maximum Gasteiger partial charge on any atom is 0.326 e. The van der Waals surface area contributed by atoms with E-state index in [1.807, 2.05) is 36.4 Å². The molecule has 2 aliphatic rings. The number of amides is 9. The first kappa shape index (κ1) is 64.6. The molecule has 9 unspecified atom stereocenters.